The molecule has 29 heavy (non-hydrogen) atoms. The second-order valence-corrected chi connectivity index (χ2v) is 9.30. The van der Waals surface area contributed by atoms with Crippen molar-refractivity contribution in [2.45, 2.75) is 18.6 Å². The normalized spacial score (nSPS) is 12.3. The zero-order valence-corrected chi connectivity index (χ0v) is 18.9. The molecule has 0 unspecified atom stereocenters. The van der Waals surface area contributed by atoms with Crippen LogP contribution in [0.3, 0.4) is 0 Å². The molecule has 1 amide bonds. The van der Waals surface area contributed by atoms with Crippen molar-refractivity contribution in [1.29, 1.82) is 0 Å². The molecule has 0 bridgehead atoms. The van der Waals surface area contributed by atoms with Crippen LogP contribution in [0.2, 0.25) is 0 Å². The van der Waals surface area contributed by atoms with Gasteiger partial charge in [0, 0.05) is 30.7 Å². The lowest BCUT2D eigenvalue weighted by atomic mass is 10.1. The third kappa shape index (κ3) is 6.51. The van der Waals surface area contributed by atoms with Crippen LogP contribution in [-0.2, 0) is 35.7 Å². The zero-order chi connectivity index (χ0) is 21.4. The number of rotatable bonds is 9. The first-order valence-electron chi connectivity index (χ1n) is 8.73. The second kappa shape index (κ2) is 10.7. The highest BCUT2D eigenvalue weighted by Gasteiger charge is 2.24. The minimum Gasteiger partial charge on any atom is -0.467 e. The molecule has 0 saturated carbocycles. The standard InChI is InChI=1S/C20H23BrNO6P/c1-26-20(24)18(12-16-6-4-5-7-17(16)21)22-19(23)15-10-8-14(9-11-15)13-29(25,27-2)28-3/h4-11,18H,12-13H2,1-3H3,(H,22,23)/t18-/m1/s1. The third-order valence-electron chi connectivity index (χ3n) is 4.32. The van der Waals surface area contributed by atoms with Crippen LogP contribution in [0.5, 0.6) is 0 Å². The molecule has 2 aromatic rings. The lowest BCUT2D eigenvalue weighted by Gasteiger charge is -2.18. The van der Waals surface area contributed by atoms with E-state index in [9.17, 15) is 14.2 Å². The Labute approximate surface area is 178 Å². The SMILES string of the molecule is COC(=O)[C@@H](Cc1ccccc1Br)NC(=O)c1ccc(CP(=O)(OC)OC)cc1. The molecule has 2 aromatic carbocycles. The van der Waals surface area contributed by atoms with Crippen molar-refractivity contribution in [3.63, 3.8) is 0 Å². The average Bonchev–Trinajstić information content (AvgIpc) is 2.74. The van der Waals surface area contributed by atoms with Gasteiger partial charge in [0.05, 0.1) is 13.3 Å². The molecule has 0 fully saturated rings. The van der Waals surface area contributed by atoms with Crippen molar-refractivity contribution in [2.24, 2.45) is 0 Å². The van der Waals surface area contributed by atoms with E-state index in [-0.39, 0.29) is 12.6 Å². The van der Waals surface area contributed by atoms with E-state index in [2.05, 4.69) is 21.2 Å². The highest BCUT2D eigenvalue weighted by Crippen LogP contribution is 2.49. The molecular formula is C20H23BrNO6P. The molecule has 0 aliphatic carbocycles. The Morgan fingerprint density at radius 2 is 1.66 bits per heavy atom. The Morgan fingerprint density at radius 1 is 1.03 bits per heavy atom. The van der Waals surface area contributed by atoms with E-state index in [0.717, 1.165) is 10.0 Å². The first-order chi connectivity index (χ1) is 13.8. The van der Waals surface area contributed by atoms with Crippen molar-refractivity contribution < 1.29 is 27.9 Å². The number of nitrogens with one attached hydrogen (secondary N) is 1. The van der Waals surface area contributed by atoms with Crippen LogP contribution in [0, 0.1) is 0 Å². The average molecular weight is 484 g/mol. The molecule has 156 valence electrons. The summed E-state index contributed by atoms with van der Waals surface area (Å²) in [5.41, 5.74) is 1.93. The van der Waals surface area contributed by atoms with Crippen LogP contribution in [0.4, 0.5) is 0 Å². The van der Waals surface area contributed by atoms with E-state index in [1.165, 1.54) is 21.3 Å². The van der Waals surface area contributed by atoms with Crippen LogP contribution in [0.1, 0.15) is 21.5 Å². The number of carbonyl (C=O) groups excluding carboxylic acids is 2. The smallest absolute Gasteiger partial charge is 0.334 e. The van der Waals surface area contributed by atoms with Crippen molar-refractivity contribution in [3.05, 3.63) is 69.7 Å². The molecule has 2 rings (SSSR count). The monoisotopic (exact) mass is 483 g/mol. The number of ether oxygens (including phenoxy) is 1. The molecule has 1 atom stereocenters. The van der Waals surface area contributed by atoms with Gasteiger partial charge in [0.2, 0.25) is 0 Å². The van der Waals surface area contributed by atoms with E-state index in [1.54, 1.807) is 24.3 Å². The van der Waals surface area contributed by atoms with Gasteiger partial charge in [0.1, 0.15) is 6.04 Å². The summed E-state index contributed by atoms with van der Waals surface area (Å²) in [6.45, 7) is 0. The van der Waals surface area contributed by atoms with Gasteiger partial charge in [-0.3, -0.25) is 9.36 Å². The number of methoxy groups -OCH3 is 1. The molecule has 9 heteroatoms. The molecule has 1 N–H and O–H groups in total. The summed E-state index contributed by atoms with van der Waals surface area (Å²) in [6.07, 6.45) is 0.373. The molecule has 0 spiro atoms. The summed E-state index contributed by atoms with van der Waals surface area (Å²) in [7, 11) is 0.734. The van der Waals surface area contributed by atoms with Crippen molar-refractivity contribution in [2.75, 3.05) is 21.3 Å². The van der Waals surface area contributed by atoms with E-state index < -0.39 is 25.5 Å². The van der Waals surface area contributed by atoms with Gasteiger partial charge in [0.25, 0.3) is 5.91 Å². The zero-order valence-electron chi connectivity index (χ0n) is 16.4. The van der Waals surface area contributed by atoms with E-state index in [4.69, 9.17) is 13.8 Å². The minimum atomic E-state index is -3.19. The first kappa shape index (κ1) is 23.3. The summed E-state index contributed by atoms with van der Waals surface area (Å²) in [5.74, 6) is -0.951. The summed E-state index contributed by atoms with van der Waals surface area (Å²) >= 11 is 3.44. The van der Waals surface area contributed by atoms with Gasteiger partial charge >= 0.3 is 13.6 Å². The lowest BCUT2D eigenvalue weighted by Crippen LogP contribution is -2.43. The van der Waals surface area contributed by atoms with Crippen LogP contribution < -0.4 is 5.32 Å². The van der Waals surface area contributed by atoms with Crippen LogP contribution >= 0.6 is 23.5 Å². The maximum Gasteiger partial charge on any atom is 0.334 e. The number of halogens is 1. The Morgan fingerprint density at radius 3 is 2.21 bits per heavy atom. The number of hydrogen-bond donors (Lipinski definition) is 1. The number of hydrogen-bond acceptors (Lipinski definition) is 6. The Hall–Kier alpha value is -1.99. The second-order valence-electron chi connectivity index (χ2n) is 6.18. The number of esters is 1. The molecular weight excluding hydrogens is 461 g/mol. The summed E-state index contributed by atoms with van der Waals surface area (Å²) in [5, 5.41) is 2.71. The predicted molar refractivity (Wildman–Crippen MR) is 113 cm³/mol. The molecule has 0 radical (unpaired) electrons. The van der Waals surface area contributed by atoms with Crippen molar-refractivity contribution in [3.8, 4) is 0 Å². The van der Waals surface area contributed by atoms with Gasteiger partial charge in [-0.15, -0.1) is 0 Å². The van der Waals surface area contributed by atoms with Crippen molar-refractivity contribution >= 4 is 35.4 Å². The quantitative estimate of drug-likeness (QED) is 0.428. The van der Waals surface area contributed by atoms with Crippen LogP contribution in [-0.4, -0.2) is 39.2 Å². The molecule has 0 aliphatic rings. The minimum absolute atomic E-state index is 0.0920. The Balaban J connectivity index is 2.12. The van der Waals surface area contributed by atoms with Crippen LogP contribution in [0.25, 0.3) is 0 Å². The number of benzene rings is 2. The molecule has 0 heterocycles. The van der Waals surface area contributed by atoms with Gasteiger partial charge in [-0.1, -0.05) is 46.3 Å². The highest BCUT2D eigenvalue weighted by atomic mass is 79.9. The van der Waals surface area contributed by atoms with Crippen molar-refractivity contribution in [1.82, 2.24) is 5.32 Å². The Kier molecular flexibility index (Phi) is 8.59. The van der Waals surface area contributed by atoms with E-state index in [0.29, 0.717) is 11.1 Å². The fraction of sp³-hybridized carbons (Fsp3) is 0.300. The largest absolute Gasteiger partial charge is 0.467 e. The number of amides is 1. The molecule has 0 aliphatic heterocycles. The topological polar surface area (TPSA) is 90.9 Å². The third-order valence-corrected chi connectivity index (χ3v) is 6.96. The predicted octanol–water partition coefficient (Wildman–Crippen LogP) is 3.95. The van der Waals surface area contributed by atoms with Gasteiger partial charge in [-0.05, 0) is 29.3 Å². The number of carbonyl (C=O) groups is 2. The van der Waals surface area contributed by atoms with Gasteiger partial charge in [-0.25, -0.2) is 4.79 Å². The summed E-state index contributed by atoms with van der Waals surface area (Å²) < 4.78 is 27.7. The fourth-order valence-electron chi connectivity index (χ4n) is 2.65. The molecule has 7 nitrogen and oxygen atoms in total. The molecule has 0 saturated heterocycles. The Bertz CT molecular complexity index is 894. The van der Waals surface area contributed by atoms with E-state index >= 15 is 0 Å². The van der Waals surface area contributed by atoms with E-state index in [1.807, 2.05) is 24.3 Å². The lowest BCUT2D eigenvalue weighted by molar-refractivity contribution is -0.142. The maximum atomic E-state index is 12.6. The van der Waals surface area contributed by atoms with Gasteiger partial charge in [0.15, 0.2) is 0 Å². The van der Waals surface area contributed by atoms with Gasteiger partial charge < -0.3 is 19.1 Å². The summed E-state index contributed by atoms with van der Waals surface area (Å²) in [4.78, 5) is 24.8. The fourth-order valence-corrected chi connectivity index (χ4v) is 4.16. The first-order valence-corrected chi connectivity index (χ1v) is 11.3. The maximum absolute atomic E-state index is 12.6. The highest BCUT2D eigenvalue weighted by molar-refractivity contribution is 9.10. The summed E-state index contributed by atoms with van der Waals surface area (Å²) in [6, 6.07) is 13.1. The van der Waals surface area contributed by atoms with Gasteiger partial charge in [-0.2, -0.15) is 0 Å². The van der Waals surface area contributed by atoms with Crippen LogP contribution in [0.15, 0.2) is 53.0 Å². The molecule has 0 aromatic heterocycles.